The van der Waals surface area contributed by atoms with Crippen LogP contribution in [0.4, 0.5) is 9.59 Å². The third-order valence-corrected chi connectivity index (χ3v) is 4.75. The summed E-state index contributed by atoms with van der Waals surface area (Å²) in [7, 11) is 0. The second-order valence-corrected chi connectivity index (χ2v) is 7.42. The second kappa shape index (κ2) is 18.8. The van der Waals surface area contributed by atoms with E-state index in [1.807, 2.05) is 0 Å². The maximum Gasteiger partial charge on any atom is 0.407 e. The summed E-state index contributed by atoms with van der Waals surface area (Å²) < 4.78 is 9.94. The SMILES string of the molecule is CCCCCCCOC(=O)SCC(NC(=O)OCCCCCCO[N+](=O)[O-])C(=O)O. The highest BCUT2D eigenvalue weighted by atomic mass is 32.2. The molecule has 2 N–H and O–H groups in total. The van der Waals surface area contributed by atoms with E-state index in [4.69, 9.17) is 14.6 Å². The first-order valence-corrected chi connectivity index (χ1v) is 11.1. The summed E-state index contributed by atoms with van der Waals surface area (Å²) in [5.41, 5.74) is 0. The standard InChI is InChI=1S/C18H32N2O9S/c1-2-3-4-5-9-12-28-18(24)30-14-15(16(21)22)19-17(23)27-11-8-6-7-10-13-29-20(25)26/h15H,2-14H2,1H3,(H,19,23)(H,21,22). The van der Waals surface area contributed by atoms with E-state index in [-0.39, 0.29) is 19.0 Å². The Kier molecular flexibility index (Phi) is 17.4. The van der Waals surface area contributed by atoms with Crippen molar-refractivity contribution in [2.24, 2.45) is 0 Å². The number of carboxylic acids is 1. The van der Waals surface area contributed by atoms with Crippen molar-refractivity contribution in [3.05, 3.63) is 10.1 Å². The maximum atomic E-state index is 11.7. The Morgan fingerprint density at radius 1 is 0.967 bits per heavy atom. The zero-order valence-corrected chi connectivity index (χ0v) is 18.2. The minimum atomic E-state index is -1.28. The molecule has 0 aliphatic carbocycles. The molecule has 0 saturated heterocycles. The van der Waals surface area contributed by atoms with Crippen LogP contribution in [0.2, 0.25) is 0 Å². The Labute approximate surface area is 180 Å². The third-order valence-electron chi connectivity index (χ3n) is 3.89. The van der Waals surface area contributed by atoms with Crippen LogP contribution in [0, 0.1) is 10.1 Å². The quantitative estimate of drug-likeness (QED) is 0.136. The molecule has 1 amide bonds. The van der Waals surface area contributed by atoms with Gasteiger partial charge in [0.05, 0.1) is 19.8 Å². The van der Waals surface area contributed by atoms with Crippen molar-refractivity contribution >= 4 is 29.1 Å². The first kappa shape index (κ1) is 27.8. The van der Waals surface area contributed by atoms with Crippen LogP contribution < -0.4 is 5.32 Å². The van der Waals surface area contributed by atoms with Crippen LogP contribution in [-0.4, -0.2) is 59.2 Å². The van der Waals surface area contributed by atoms with E-state index in [1.54, 1.807) is 0 Å². The molecular formula is C18H32N2O9S. The number of aliphatic carboxylic acids is 1. The lowest BCUT2D eigenvalue weighted by molar-refractivity contribution is -0.757. The summed E-state index contributed by atoms with van der Waals surface area (Å²) in [5.74, 6) is -1.45. The van der Waals surface area contributed by atoms with Crippen molar-refractivity contribution in [1.29, 1.82) is 0 Å². The number of amides is 1. The Hall–Kier alpha value is -2.24. The fourth-order valence-electron chi connectivity index (χ4n) is 2.27. The Bertz CT molecular complexity index is 520. The number of nitrogens with one attached hydrogen (secondary N) is 1. The normalized spacial score (nSPS) is 11.4. The van der Waals surface area contributed by atoms with E-state index in [1.165, 1.54) is 0 Å². The fraction of sp³-hybridized carbons (Fsp3) is 0.833. The largest absolute Gasteiger partial charge is 0.480 e. The molecular weight excluding hydrogens is 420 g/mol. The fourth-order valence-corrected chi connectivity index (χ4v) is 2.97. The van der Waals surface area contributed by atoms with Gasteiger partial charge in [-0.05, 0) is 37.4 Å². The van der Waals surface area contributed by atoms with Gasteiger partial charge < -0.3 is 24.7 Å². The van der Waals surface area contributed by atoms with E-state index in [2.05, 4.69) is 17.1 Å². The summed E-state index contributed by atoms with van der Waals surface area (Å²) in [5, 5.41) is 19.9. The average molecular weight is 453 g/mol. The number of carboxylic acid groups (broad SMARTS) is 1. The first-order valence-electron chi connectivity index (χ1n) is 10.1. The molecule has 0 bridgehead atoms. The van der Waals surface area contributed by atoms with Crippen LogP contribution in [0.1, 0.15) is 64.7 Å². The number of hydrogen-bond donors (Lipinski definition) is 2. The van der Waals surface area contributed by atoms with Crippen LogP contribution in [0.15, 0.2) is 0 Å². The van der Waals surface area contributed by atoms with E-state index in [9.17, 15) is 24.5 Å². The molecule has 0 aromatic rings. The smallest absolute Gasteiger partial charge is 0.407 e. The van der Waals surface area contributed by atoms with Gasteiger partial charge in [-0.15, -0.1) is 10.1 Å². The number of thioether (sulfide) groups is 1. The minimum absolute atomic E-state index is 0.0214. The molecule has 0 rings (SSSR count). The number of hydrogen-bond acceptors (Lipinski definition) is 9. The number of unbranched alkanes of at least 4 members (excludes halogenated alkanes) is 7. The van der Waals surface area contributed by atoms with Crippen molar-refractivity contribution in [3.63, 3.8) is 0 Å². The van der Waals surface area contributed by atoms with Gasteiger partial charge in [-0.25, -0.2) is 14.4 Å². The molecule has 0 spiro atoms. The number of alkyl carbamates (subject to hydrolysis) is 1. The Morgan fingerprint density at radius 3 is 2.10 bits per heavy atom. The maximum absolute atomic E-state index is 11.7. The molecule has 30 heavy (non-hydrogen) atoms. The number of carbonyl (C=O) groups excluding carboxylic acids is 2. The van der Waals surface area contributed by atoms with Crippen LogP contribution >= 0.6 is 11.8 Å². The summed E-state index contributed by atoms with van der Waals surface area (Å²) in [6, 6.07) is -1.28. The molecule has 0 fully saturated rings. The van der Waals surface area contributed by atoms with E-state index in [0.29, 0.717) is 44.1 Å². The van der Waals surface area contributed by atoms with Crippen molar-refractivity contribution in [3.8, 4) is 0 Å². The van der Waals surface area contributed by atoms with Gasteiger partial charge in [-0.1, -0.05) is 39.0 Å². The number of ether oxygens (including phenoxy) is 2. The lowest BCUT2D eigenvalue weighted by Gasteiger charge is -2.14. The van der Waals surface area contributed by atoms with Crippen LogP contribution in [-0.2, 0) is 19.1 Å². The van der Waals surface area contributed by atoms with Gasteiger partial charge >= 0.3 is 17.4 Å². The summed E-state index contributed by atoms with van der Waals surface area (Å²) in [6.45, 7) is 2.51. The molecule has 0 radical (unpaired) electrons. The molecule has 0 aromatic carbocycles. The van der Waals surface area contributed by atoms with Crippen molar-refractivity contribution in [2.75, 3.05) is 25.6 Å². The molecule has 0 heterocycles. The highest BCUT2D eigenvalue weighted by molar-refractivity contribution is 8.13. The highest BCUT2D eigenvalue weighted by Crippen LogP contribution is 2.10. The molecule has 0 aliphatic rings. The summed E-state index contributed by atoms with van der Waals surface area (Å²) in [4.78, 5) is 48.7. The van der Waals surface area contributed by atoms with Crippen LogP contribution in [0.5, 0.6) is 0 Å². The van der Waals surface area contributed by atoms with E-state index in [0.717, 1.165) is 32.1 Å². The Balaban J connectivity index is 3.86. The van der Waals surface area contributed by atoms with Crippen molar-refractivity contribution in [2.45, 2.75) is 70.8 Å². The van der Waals surface area contributed by atoms with Gasteiger partial charge in [-0.2, -0.15) is 0 Å². The topological polar surface area (TPSA) is 154 Å². The minimum Gasteiger partial charge on any atom is -0.480 e. The molecule has 1 atom stereocenters. The van der Waals surface area contributed by atoms with E-state index < -0.39 is 28.5 Å². The molecule has 174 valence electrons. The highest BCUT2D eigenvalue weighted by Gasteiger charge is 2.22. The average Bonchev–Trinajstić information content (AvgIpc) is 2.69. The summed E-state index contributed by atoms with van der Waals surface area (Å²) in [6.07, 6.45) is 6.61. The lowest BCUT2D eigenvalue weighted by atomic mass is 10.2. The van der Waals surface area contributed by atoms with Crippen LogP contribution in [0.3, 0.4) is 0 Å². The number of carbonyl (C=O) groups is 3. The van der Waals surface area contributed by atoms with Gasteiger partial charge in [0.1, 0.15) is 6.04 Å². The van der Waals surface area contributed by atoms with Crippen molar-refractivity contribution < 1.29 is 38.9 Å². The van der Waals surface area contributed by atoms with Gasteiger partial charge in [-0.3, -0.25) is 0 Å². The summed E-state index contributed by atoms with van der Waals surface area (Å²) >= 11 is 0.693. The van der Waals surface area contributed by atoms with E-state index >= 15 is 0 Å². The lowest BCUT2D eigenvalue weighted by Crippen LogP contribution is -2.43. The first-order chi connectivity index (χ1) is 14.4. The molecule has 0 aromatic heterocycles. The Morgan fingerprint density at radius 2 is 1.53 bits per heavy atom. The number of nitrogens with zero attached hydrogens (tertiary/aromatic N) is 1. The molecule has 0 saturated carbocycles. The van der Waals surface area contributed by atoms with Gasteiger partial charge in [0, 0.05) is 5.75 Å². The van der Waals surface area contributed by atoms with Gasteiger partial charge in [0.15, 0.2) is 0 Å². The third kappa shape index (κ3) is 17.8. The second-order valence-electron chi connectivity index (χ2n) is 6.47. The predicted molar refractivity (Wildman–Crippen MR) is 110 cm³/mol. The molecule has 12 heteroatoms. The monoisotopic (exact) mass is 452 g/mol. The van der Waals surface area contributed by atoms with Crippen molar-refractivity contribution in [1.82, 2.24) is 5.32 Å². The number of rotatable bonds is 18. The molecule has 11 nitrogen and oxygen atoms in total. The molecule has 0 aliphatic heterocycles. The van der Waals surface area contributed by atoms with Gasteiger partial charge in [0.25, 0.3) is 5.09 Å². The zero-order valence-electron chi connectivity index (χ0n) is 17.3. The predicted octanol–water partition coefficient (Wildman–Crippen LogP) is 3.77. The zero-order chi connectivity index (χ0) is 22.6. The molecule has 1 unspecified atom stereocenters. The van der Waals surface area contributed by atoms with Crippen LogP contribution in [0.25, 0.3) is 0 Å². The van der Waals surface area contributed by atoms with Gasteiger partial charge in [0.2, 0.25) is 0 Å².